The number of likely N-dealkylation sites (N-methyl/N-ethyl adjacent to an activating group) is 1. The number of ether oxygens (including phenoxy) is 2. The van der Waals surface area contributed by atoms with Gasteiger partial charge in [-0.15, -0.1) is 0 Å². The summed E-state index contributed by atoms with van der Waals surface area (Å²) in [5.41, 5.74) is 0. The van der Waals surface area contributed by atoms with Gasteiger partial charge in [0, 0.05) is 26.7 Å². The minimum atomic E-state index is -1.03. The molecule has 1 saturated carbocycles. The molecular weight excluding hydrogens is 264 g/mol. The van der Waals surface area contributed by atoms with E-state index in [2.05, 4.69) is 0 Å². The summed E-state index contributed by atoms with van der Waals surface area (Å²) in [6.45, 7) is 2.60. The van der Waals surface area contributed by atoms with Crippen molar-refractivity contribution in [3.05, 3.63) is 0 Å². The van der Waals surface area contributed by atoms with Crippen LogP contribution in [-0.4, -0.2) is 79.5 Å². The molecule has 0 spiro atoms. The Balaban J connectivity index is 1.69. The molecule has 2 amide bonds. The summed E-state index contributed by atoms with van der Waals surface area (Å²) in [6.07, 6.45) is 1.57. The third-order valence-electron chi connectivity index (χ3n) is 3.56. The van der Waals surface area contributed by atoms with Crippen LogP contribution in [0, 0.1) is 5.92 Å². The van der Waals surface area contributed by atoms with Crippen LogP contribution in [0.1, 0.15) is 12.8 Å². The zero-order chi connectivity index (χ0) is 14.5. The molecule has 1 heterocycles. The summed E-state index contributed by atoms with van der Waals surface area (Å²) in [7, 11) is 1.70. The van der Waals surface area contributed by atoms with Crippen LogP contribution >= 0.6 is 0 Å². The maximum atomic E-state index is 12.2. The molecule has 0 aromatic carbocycles. The maximum absolute atomic E-state index is 12.2. The van der Waals surface area contributed by atoms with Crippen molar-refractivity contribution in [1.82, 2.24) is 9.80 Å². The number of hydrogen-bond acceptors (Lipinski definition) is 4. The number of carboxylic acids is 1. The molecule has 0 aromatic rings. The van der Waals surface area contributed by atoms with Crippen molar-refractivity contribution in [3.8, 4) is 0 Å². The molecule has 0 aromatic heterocycles. The Hall–Kier alpha value is -1.34. The van der Waals surface area contributed by atoms with E-state index in [4.69, 9.17) is 14.6 Å². The molecule has 1 aliphatic heterocycles. The van der Waals surface area contributed by atoms with Crippen LogP contribution < -0.4 is 0 Å². The molecule has 2 aliphatic rings. The maximum Gasteiger partial charge on any atom is 0.334 e. The number of morpholine rings is 1. The average molecular weight is 286 g/mol. The van der Waals surface area contributed by atoms with Crippen molar-refractivity contribution in [2.75, 3.05) is 46.5 Å². The second-order valence-electron chi connectivity index (χ2n) is 5.37. The molecule has 0 bridgehead atoms. The van der Waals surface area contributed by atoms with Crippen LogP contribution in [-0.2, 0) is 14.3 Å². The molecule has 20 heavy (non-hydrogen) atoms. The zero-order valence-corrected chi connectivity index (χ0v) is 11.8. The van der Waals surface area contributed by atoms with Gasteiger partial charge in [0.05, 0.1) is 19.8 Å². The lowest BCUT2D eigenvalue weighted by Crippen LogP contribution is -2.52. The first kappa shape index (κ1) is 15.1. The molecule has 1 aliphatic carbocycles. The average Bonchev–Trinajstić information content (AvgIpc) is 3.26. The fraction of sp³-hybridized carbons (Fsp3) is 0.846. The number of urea groups is 1. The summed E-state index contributed by atoms with van der Waals surface area (Å²) >= 11 is 0. The Morgan fingerprint density at radius 1 is 1.45 bits per heavy atom. The molecule has 114 valence electrons. The number of carbonyl (C=O) groups excluding carboxylic acids is 1. The molecule has 1 atom stereocenters. The Morgan fingerprint density at radius 2 is 2.20 bits per heavy atom. The van der Waals surface area contributed by atoms with E-state index in [0.717, 1.165) is 6.61 Å². The fourth-order valence-corrected chi connectivity index (χ4v) is 2.05. The van der Waals surface area contributed by atoms with Crippen molar-refractivity contribution in [3.63, 3.8) is 0 Å². The Labute approximate surface area is 118 Å². The van der Waals surface area contributed by atoms with Crippen molar-refractivity contribution in [1.29, 1.82) is 0 Å². The zero-order valence-electron chi connectivity index (χ0n) is 11.8. The fourth-order valence-electron chi connectivity index (χ4n) is 2.05. The Morgan fingerprint density at radius 3 is 2.85 bits per heavy atom. The Bertz CT molecular complexity index is 359. The lowest BCUT2D eigenvalue weighted by atomic mass is 10.3. The molecule has 2 fully saturated rings. The predicted molar refractivity (Wildman–Crippen MR) is 70.5 cm³/mol. The van der Waals surface area contributed by atoms with Crippen molar-refractivity contribution in [2.45, 2.75) is 18.9 Å². The number of nitrogens with zero attached hydrogens (tertiary/aromatic N) is 2. The number of hydrogen-bond donors (Lipinski definition) is 1. The minimum absolute atomic E-state index is 0.0986. The van der Waals surface area contributed by atoms with Gasteiger partial charge in [0.25, 0.3) is 0 Å². The number of rotatable bonds is 6. The standard InChI is InChI=1S/C13H22N2O5/c1-14(4-6-19-9-10-2-3-10)13(18)15-5-7-20-11(8-15)12(16)17/h10-11H,2-9H2,1H3,(H,16,17). The molecule has 1 saturated heterocycles. The van der Waals surface area contributed by atoms with Gasteiger partial charge in [-0.2, -0.15) is 0 Å². The van der Waals surface area contributed by atoms with Gasteiger partial charge in [-0.25, -0.2) is 9.59 Å². The smallest absolute Gasteiger partial charge is 0.334 e. The van der Waals surface area contributed by atoms with Gasteiger partial charge < -0.3 is 24.4 Å². The van der Waals surface area contributed by atoms with E-state index in [9.17, 15) is 9.59 Å². The van der Waals surface area contributed by atoms with E-state index in [1.54, 1.807) is 11.9 Å². The van der Waals surface area contributed by atoms with Crippen LogP contribution in [0.4, 0.5) is 4.79 Å². The molecular formula is C13H22N2O5. The topological polar surface area (TPSA) is 79.3 Å². The SMILES string of the molecule is CN(CCOCC1CC1)C(=O)N1CCOC(C(=O)O)C1. The van der Waals surface area contributed by atoms with Crippen LogP contribution in [0.25, 0.3) is 0 Å². The van der Waals surface area contributed by atoms with E-state index in [-0.39, 0.29) is 19.2 Å². The third kappa shape index (κ3) is 4.35. The number of aliphatic carboxylic acids is 1. The highest BCUT2D eigenvalue weighted by atomic mass is 16.5. The highest BCUT2D eigenvalue weighted by molar-refractivity contribution is 5.77. The van der Waals surface area contributed by atoms with Crippen molar-refractivity contribution < 1.29 is 24.2 Å². The van der Waals surface area contributed by atoms with E-state index in [1.807, 2.05) is 0 Å². The lowest BCUT2D eigenvalue weighted by molar-refractivity contribution is -0.154. The predicted octanol–water partition coefficient (Wildman–Crippen LogP) is 0.250. The summed E-state index contributed by atoms with van der Waals surface area (Å²) in [6, 6.07) is -0.172. The molecule has 1 unspecified atom stereocenters. The summed E-state index contributed by atoms with van der Waals surface area (Å²) in [4.78, 5) is 26.1. The molecule has 0 radical (unpaired) electrons. The van der Waals surface area contributed by atoms with E-state index < -0.39 is 12.1 Å². The number of carbonyl (C=O) groups is 2. The first-order chi connectivity index (χ1) is 9.58. The largest absolute Gasteiger partial charge is 0.479 e. The first-order valence-corrected chi connectivity index (χ1v) is 7.00. The summed E-state index contributed by atoms with van der Waals surface area (Å²) in [5.74, 6) is -0.315. The third-order valence-corrected chi connectivity index (χ3v) is 3.56. The highest BCUT2D eigenvalue weighted by Crippen LogP contribution is 2.28. The van der Waals surface area contributed by atoms with Gasteiger partial charge >= 0.3 is 12.0 Å². The highest BCUT2D eigenvalue weighted by Gasteiger charge is 2.30. The van der Waals surface area contributed by atoms with Crippen LogP contribution in [0.15, 0.2) is 0 Å². The van der Waals surface area contributed by atoms with Gasteiger partial charge in [-0.3, -0.25) is 0 Å². The van der Waals surface area contributed by atoms with Crippen LogP contribution in [0.5, 0.6) is 0 Å². The molecule has 1 N–H and O–H groups in total. The number of amides is 2. The summed E-state index contributed by atoms with van der Waals surface area (Å²) in [5, 5.41) is 8.91. The van der Waals surface area contributed by atoms with Gasteiger partial charge in [0.15, 0.2) is 6.10 Å². The van der Waals surface area contributed by atoms with E-state index in [1.165, 1.54) is 17.7 Å². The quantitative estimate of drug-likeness (QED) is 0.708. The lowest BCUT2D eigenvalue weighted by Gasteiger charge is -2.33. The minimum Gasteiger partial charge on any atom is -0.479 e. The second-order valence-corrected chi connectivity index (χ2v) is 5.37. The molecule has 7 nitrogen and oxygen atoms in total. The van der Waals surface area contributed by atoms with E-state index in [0.29, 0.717) is 25.6 Å². The van der Waals surface area contributed by atoms with E-state index >= 15 is 0 Å². The second kappa shape index (κ2) is 6.90. The molecule has 7 heteroatoms. The van der Waals surface area contributed by atoms with Crippen molar-refractivity contribution in [2.24, 2.45) is 5.92 Å². The number of carboxylic acid groups (broad SMARTS) is 1. The van der Waals surface area contributed by atoms with Gasteiger partial charge in [-0.05, 0) is 18.8 Å². The van der Waals surface area contributed by atoms with Crippen molar-refractivity contribution >= 4 is 12.0 Å². The summed E-state index contributed by atoms with van der Waals surface area (Å²) < 4.78 is 10.6. The van der Waals surface area contributed by atoms with Gasteiger partial charge in [0.2, 0.25) is 0 Å². The molecule has 2 rings (SSSR count). The van der Waals surface area contributed by atoms with Gasteiger partial charge in [0.1, 0.15) is 0 Å². The van der Waals surface area contributed by atoms with Crippen LogP contribution in [0.2, 0.25) is 0 Å². The monoisotopic (exact) mass is 286 g/mol. The normalized spacial score (nSPS) is 22.6. The first-order valence-electron chi connectivity index (χ1n) is 7.00. The Kier molecular flexibility index (Phi) is 5.19. The van der Waals surface area contributed by atoms with Gasteiger partial charge in [-0.1, -0.05) is 0 Å². The van der Waals surface area contributed by atoms with Crippen LogP contribution in [0.3, 0.4) is 0 Å².